The summed E-state index contributed by atoms with van der Waals surface area (Å²) in [7, 11) is 0. The highest BCUT2D eigenvalue weighted by molar-refractivity contribution is 7.07. The third kappa shape index (κ3) is 5.85. The Labute approximate surface area is 135 Å². The number of benzene rings is 1. The van der Waals surface area contributed by atoms with Crippen LogP contribution >= 0.6 is 11.3 Å². The summed E-state index contributed by atoms with van der Waals surface area (Å²) in [6.07, 6.45) is 1.79. The van der Waals surface area contributed by atoms with Crippen molar-refractivity contribution in [2.45, 2.75) is 26.3 Å². The number of nitrogens with zero attached hydrogens (tertiary/aromatic N) is 1. The Kier molecular flexibility index (Phi) is 6.90. The minimum atomic E-state index is -0.170. The topological polar surface area (TPSA) is 36.4 Å². The van der Waals surface area contributed by atoms with E-state index in [2.05, 4.69) is 39.4 Å². The number of hydrogen-bond acceptors (Lipinski definition) is 2. The van der Waals surface area contributed by atoms with Gasteiger partial charge in [-0.2, -0.15) is 11.3 Å². The molecule has 0 bridgehead atoms. The van der Waals surface area contributed by atoms with Crippen molar-refractivity contribution in [1.29, 1.82) is 0 Å². The maximum Gasteiger partial charge on any atom is 0.191 e. The molecule has 0 unspecified atom stereocenters. The molecule has 0 amide bonds. The van der Waals surface area contributed by atoms with Crippen molar-refractivity contribution in [2.75, 3.05) is 13.1 Å². The Morgan fingerprint density at radius 1 is 1.23 bits per heavy atom. The average Bonchev–Trinajstić information content (AvgIpc) is 3.02. The lowest BCUT2D eigenvalue weighted by atomic mass is 10.1. The number of rotatable bonds is 7. The van der Waals surface area contributed by atoms with Gasteiger partial charge in [-0.05, 0) is 59.9 Å². The molecule has 0 aliphatic rings. The first-order chi connectivity index (χ1) is 10.8. The average molecular weight is 319 g/mol. The zero-order valence-electron chi connectivity index (χ0n) is 12.8. The number of aliphatic imine (C=N–C) groups is 1. The fraction of sp³-hybridized carbons (Fsp3) is 0.353. The Balaban J connectivity index is 1.75. The van der Waals surface area contributed by atoms with Crippen LogP contribution in [0.2, 0.25) is 0 Å². The number of hydrogen-bond donors (Lipinski definition) is 2. The molecule has 0 saturated heterocycles. The van der Waals surface area contributed by atoms with E-state index >= 15 is 0 Å². The maximum absolute atomic E-state index is 13.1. The monoisotopic (exact) mass is 319 g/mol. The highest BCUT2D eigenvalue weighted by Crippen LogP contribution is 2.07. The number of aryl methyl sites for hydroxylation is 1. The predicted molar refractivity (Wildman–Crippen MR) is 91.9 cm³/mol. The van der Waals surface area contributed by atoms with Gasteiger partial charge in [0.2, 0.25) is 0 Å². The largest absolute Gasteiger partial charge is 0.357 e. The number of guanidine groups is 1. The van der Waals surface area contributed by atoms with Crippen molar-refractivity contribution >= 4 is 17.3 Å². The van der Waals surface area contributed by atoms with Gasteiger partial charge in [-0.3, -0.25) is 0 Å². The lowest BCUT2D eigenvalue weighted by Gasteiger charge is -2.11. The lowest BCUT2D eigenvalue weighted by Crippen LogP contribution is -2.37. The first kappa shape index (κ1) is 16.5. The van der Waals surface area contributed by atoms with Crippen LogP contribution in [0.4, 0.5) is 4.39 Å². The van der Waals surface area contributed by atoms with Crippen LogP contribution < -0.4 is 10.6 Å². The van der Waals surface area contributed by atoms with Crippen molar-refractivity contribution in [2.24, 2.45) is 4.99 Å². The second-order valence-electron chi connectivity index (χ2n) is 4.99. The summed E-state index contributed by atoms with van der Waals surface area (Å²) >= 11 is 1.68. The van der Waals surface area contributed by atoms with Crippen molar-refractivity contribution < 1.29 is 4.39 Å². The molecule has 3 nitrogen and oxygen atoms in total. The molecule has 1 aromatic heterocycles. The van der Waals surface area contributed by atoms with E-state index in [-0.39, 0.29) is 5.82 Å². The van der Waals surface area contributed by atoms with Crippen molar-refractivity contribution in [3.63, 3.8) is 0 Å². The molecule has 2 N–H and O–H groups in total. The van der Waals surface area contributed by atoms with Crippen molar-refractivity contribution in [3.05, 3.63) is 58.0 Å². The fourth-order valence-corrected chi connectivity index (χ4v) is 2.75. The Morgan fingerprint density at radius 3 is 2.86 bits per heavy atom. The molecule has 0 radical (unpaired) electrons. The molecule has 0 atom stereocenters. The van der Waals surface area contributed by atoms with Gasteiger partial charge in [0, 0.05) is 13.1 Å². The van der Waals surface area contributed by atoms with Crippen LogP contribution in [0.1, 0.15) is 24.5 Å². The molecule has 0 saturated carbocycles. The van der Waals surface area contributed by atoms with Crippen LogP contribution in [0.15, 0.2) is 46.1 Å². The highest BCUT2D eigenvalue weighted by Gasteiger charge is 1.99. The highest BCUT2D eigenvalue weighted by atomic mass is 32.1. The van der Waals surface area contributed by atoms with E-state index in [1.165, 1.54) is 11.6 Å². The molecule has 1 heterocycles. The van der Waals surface area contributed by atoms with E-state index in [4.69, 9.17) is 0 Å². The van der Waals surface area contributed by atoms with E-state index in [1.54, 1.807) is 23.5 Å². The number of thiophene rings is 1. The maximum atomic E-state index is 13.1. The van der Waals surface area contributed by atoms with Gasteiger partial charge in [0.25, 0.3) is 0 Å². The minimum absolute atomic E-state index is 0.170. The van der Waals surface area contributed by atoms with Crippen LogP contribution in [-0.4, -0.2) is 19.0 Å². The Morgan fingerprint density at radius 2 is 2.14 bits per heavy atom. The molecule has 0 aliphatic carbocycles. The summed E-state index contributed by atoms with van der Waals surface area (Å²) in [5, 5.41) is 10.7. The van der Waals surface area contributed by atoms with Gasteiger partial charge in [0.15, 0.2) is 5.96 Å². The summed E-state index contributed by atoms with van der Waals surface area (Å²) < 4.78 is 13.1. The van der Waals surface area contributed by atoms with E-state index in [0.717, 1.165) is 37.5 Å². The molecule has 0 fully saturated rings. The summed E-state index contributed by atoms with van der Waals surface area (Å²) in [5.41, 5.74) is 2.25. The molecule has 2 aromatic rings. The zero-order chi connectivity index (χ0) is 15.6. The van der Waals surface area contributed by atoms with Crippen molar-refractivity contribution in [3.8, 4) is 0 Å². The third-order valence-electron chi connectivity index (χ3n) is 3.17. The molecular formula is C17H22FN3S. The summed E-state index contributed by atoms with van der Waals surface area (Å²) in [6.45, 7) is 4.38. The summed E-state index contributed by atoms with van der Waals surface area (Å²) in [5.74, 6) is 0.657. The molecule has 0 spiro atoms. The smallest absolute Gasteiger partial charge is 0.191 e. The van der Waals surface area contributed by atoms with Gasteiger partial charge in [-0.25, -0.2) is 9.38 Å². The van der Waals surface area contributed by atoms with E-state index in [9.17, 15) is 4.39 Å². The quantitative estimate of drug-likeness (QED) is 0.465. The first-order valence-corrected chi connectivity index (χ1v) is 8.50. The fourth-order valence-electron chi connectivity index (χ4n) is 2.09. The SMILES string of the molecule is CCNC(=NCc1ccsc1)NCCCc1cccc(F)c1. The molecule has 1 aromatic carbocycles. The van der Waals surface area contributed by atoms with Crippen LogP contribution in [0.25, 0.3) is 0 Å². The van der Waals surface area contributed by atoms with Gasteiger partial charge in [-0.1, -0.05) is 12.1 Å². The third-order valence-corrected chi connectivity index (χ3v) is 3.90. The molecule has 2 rings (SSSR count). The van der Waals surface area contributed by atoms with Crippen molar-refractivity contribution in [1.82, 2.24) is 10.6 Å². The van der Waals surface area contributed by atoms with Gasteiger partial charge >= 0.3 is 0 Å². The predicted octanol–water partition coefficient (Wildman–Crippen LogP) is 3.58. The van der Waals surface area contributed by atoms with Crippen LogP contribution in [-0.2, 0) is 13.0 Å². The molecular weight excluding hydrogens is 297 g/mol. The van der Waals surface area contributed by atoms with Gasteiger partial charge in [0.05, 0.1) is 6.54 Å². The van der Waals surface area contributed by atoms with E-state index in [1.807, 2.05) is 6.07 Å². The van der Waals surface area contributed by atoms with E-state index in [0.29, 0.717) is 6.54 Å². The minimum Gasteiger partial charge on any atom is -0.357 e. The zero-order valence-corrected chi connectivity index (χ0v) is 13.6. The van der Waals surface area contributed by atoms with Gasteiger partial charge in [-0.15, -0.1) is 0 Å². The molecule has 22 heavy (non-hydrogen) atoms. The first-order valence-electron chi connectivity index (χ1n) is 7.55. The van der Waals surface area contributed by atoms with Crippen LogP contribution in [0.5, 0.6) is 0 Å². The Bertz CT molecular complexity index is 581. The molecule has 5 heteroatoms. The van der Waals surface area contributed by atoms with E-state index < -0.39 is 0 Å². The Hall–Kier alpha value is -1.88. The van der Waals surface area contributed by atoms with Gasteiger partial charge in [0.1, 0.15) is 5.82 Å². The summed E-state index contributed by atoms with van der Waals surface area (Å²) in [4.78, 5) is 4.56. The van der Waals surface area contributed by atoms with Crippen LogP contribution in [0, 0.1) is 5.82 Å². The number of halogens is 1. The normalized spacial score (nSPS) is 11.5. The second-order valence-corrected chi connectivity index (χ2v) is 5.77. The molecule has 118 valence electrons. The second kappa shape index (κ2) is 9.20. The molecule has 0 aliphatic heterocycles. The van der Waals surface area contributed by atoms with Gasteiger partial charge < -0.3 is 10.6 Å². The summed E-state index contributed by atoms with van der Waals surface area (Å²) in [6, 6.07) is 8.86. The number of nitrogens with one attached hydrogen (secondary N) is 2. The van der Waals surface area contributed by atoms with Crippen LogP contribution in [0.3, 0.4) is 0 Å². The lowest BCUT2D eigenvalue weighted by molar-refractivity contribution is 0.624. The standard InChI is InChI=1S/C17H22FN3S/c1-2-19-17(21-12-15-8-10-22-13-15)20-9-4-6-14-5-3-7-16(18)11-14/h3,5,7-8,10-11,13H,2,4,6,9,12H2,1H3,(H2,19,20,21).